The van der Waals surface area contributed by atoms with Crippen molar-refractivity contribution in [2.75, 3.05) is 7.11 Å². The second-order valence-electron chi connectivity index (χ2n) is 5.98. The van der Waals surface area contributed by atoms with E-state index in [9.17, 15) is 13.0 Å². The number of hydrogen-bond acceptors (Lipinski definition) is 3. The summed E-state index contributed by atoms with van der Waals surface area (Å²) in [7, 11) is -2.82. The molecule has 1 aromatic rings. The molecule has 0 bridgehead atoms. The van der Waals surface area contributed by atoms with E-state index < -0.39 is 20.4 Å². The molecule has 2 atom stereocenters. The third-order valence-electron chi connectivity index (χ3n) is 4.09. The number of alkyl halides is 1. The van der Waals surface area contributed by atoms with E-state index in [0.717, 1.165) is 11.1 Å². The van der Waals surface area contributed by atoms with Gasteiger partial charge in [0, 0.05) is 12.7 Å². The van der Waals surface area contributed by atoms with Crippen molar-refractivity contribution in [3.63, 3.8) is 0 Å². The van der Waals surface area contributed by atoms with Crippen molar-refractivity contribution in [3.05, 3.63) is 53.1 Å². The fourth-order valence-corrected chi connectivity index (χ4v) is 4.09. The highest BCUT2D eigenvalue weighted by molar-refractivity contribution is 7.86. The van der Waals surface area contributed by atoms with Crippen LogP contribution in [0.3, 0.4) is 0 Å². The van der Waals surface area contributed by atoms with Crippen LogP contribution in [0.4, 0.5) is 0 Å². The van der Waals surface area contributed by atoms with Gasteiger partial charge in [0.15, 0.2) is 5.06 Å². The minimum absolute atomic E-state index is 0.107. The quantitative estimate of drug-likeness (QED) is 0.506. The van der Waals surface area contributed by atoms with Crippen LogP contribution in [0.5, 0.6) is 0 Å². The smallest absolute Gasteiger partial charge is 0.275 e. The SMILES string of the molecule is COC1(Cl)C=C(C(C)C)C(S(=O)(=O)O)C=C1c1ccccc1C. The molecular weight excluding hydrogens is 336 g/mol. The van der Waals surface area contributed by atoms with Gasteiger partial charge in [0.1, 0.15) is 5.25 Å². The molecule has 2 unspecified atom stereocenters. The minimum Gasteiger partial charge on any atom is -0.355 e. The summed E-state index contributed by atoms with van der Waals surface area (Å²) in [6, 6.07) is 7.50. The van der Waals surface area contributed by atoms with Crippen molar-refractivity contribution in [1.29, 1.82) is 0 Å². The zero-order valence-corrected chi connectivity index (χ0v) is 15.1. The van der Waals surface area contributed by atoms with Crippen molar-refractivity contribution in [1.82, 2.24) is 0 Å². The lowest BCUT2D eigenvalue weighted by molar-refractivity contribution is 0.149. The van der Waals surface area contributed by atoms with Gasteiger partial charge in [0.25, 0.3) is 10.1 Å². The number of methoxy groups -OCH3 is 1. The average Bonchev–Trinajstić information content (AvgIpc) is 2.46. The fourth-order valence-electron chi connectivity index (χ4n) is 2.81. The first kappa shape index (κ1) is 18.2. The molecule has 1 aromatic carbocycles. The predicted molar refractivity (Wildman–Crippen MR) is 93.0 cm³/mol. The van der Waals surface area contributed by atoms with Crippen LogP contribution in [0.15, 0.2) is 42.0 Å². The van der Waals surface area contributed by atoms with Crippen LogP contribution in [0.1, 0.15) is 25.0 Å². The molecule has 0 amide bonds. The maximum absolute atomic E-state index is 11.8. The van der Waals surface area contributed by atoms with Gasteiger partial charge in [-0.2, -0.15) is 8.42 Å². The fraction of sp³-hybridized carbons (Fsp3) is 0.412. The van der Waals surface area contributed by atoms with E-state index in [1.807, 2.05) is 45.0 Å². The Morgan fingerprint density at radius 3 is 2.39 bits per heavy atom. The molecule has 0 fully saturated rings. The van der Waals surface area contributed by atoms with E-state index >= 15 is 0 Å². The Hall–Kier alpha value is -1.14. The highest BCUT2D eigenvalue weighted by Gasteiger charge is 2.41. The third-order valence-corrected chi connectivity index (χ3v) is 5.60. The maximum Gasteiger partial charge on any atom is 0.275 e. The predicted octanol–water partition coefficient (Wildman–Crippen LogP) is 3.81. The Morgan fingerprint density at radius 1 is 1.30 bits per heavy atom. The molecule has 1 N–H and O–H groups in total. The van der Waals surface area contributed by atoms with Gasteiger partial charge in [-0.1, -0.05) is 55.8 Å². The molecule has 1 aliphatic carbocycles. The lowest BCUT2D eigenvalue weighted by atomic mass is 9.85. The molecule has 23 heavy (non-hydrogen) atoms. The van der Waals surface area contributed by atoms with Crippen LogP contribution >= 0.6 is 11.6 Å². The molecular formula is C17H21ClO4S. The Morgan fingerprint density at radius 2 is 1.91 bits per heavy atom. The van der Waals surface area contributed by atoms with E-state index in [-0.39, 0.29) is 5.92 Å². The van der Waals surface area contributed by atoms with Gasteiger partial charge in [-0.3, -0.25) is 4.55 Å². The van der Waals surface area contributed by atoms with Crippen LogP contribution in [0.2, 0.25) is 0 Å². The van der Waals surface area contributed by atoms with Gasteiger partial charge in [-0.05, 0) is 35.6 Å². The van der Waals surface area contributed by atoms with Gasteiger partial charge < -0.3 is 4.74 Å². The molecule has 0 radical (unpaired) electrons. The lowest BCUT2D eigenvalue weighted by Crippen LogP contribution is -2.35. The van der Waals surface area contributed by atoms with E-state index in [1.54, 1.807) is 6.08 Å². The van der Waals surface area contributed by atoms with E-state index in [1.165, 1.54) is 13.2 Å². The van der Waals surface area contributed by atoms with Gasteiger partial charge >= 0.3 is 0 Å². The topological polar surface area (TPSA) is 63.6 Å². The Balaban J connectivity index is 2.72. The monoisotopic (exact) mass is 356 g/mol. The van der Waals surface area contributed by atoms with Crippen molar-refractivity contribution in [3.8, 4) is 0 Å². The highest BCUT2D eigenvalue weighted by Crippen LogP contribution is 2.44. The van der Waals surface area contributed by atoms with Crippen LogP contribution in [0.25, 0.3) is 5.57 Å². The molecule has 0 spiro atoms. The van der Waals surface area contributed by atoms with Gasteiger partial charge in [0.2, 0.25) is 0 Å². The summed E-state index contributed by atoms with van der Waals surface area (Å²) in [6.07, 6.45) is 3.09. The van der Waals surface area contributed by atoms with Crippen molar-refractivity contribution < 1.29 is 17.7 Å². The molecule has 0 saturated heterocycles. The molecule has 0 aliphatic heterocycles. The second-order valence-corrected chi connectivity index (χ2v) is 8.08. The first-order valence-corrected chi connectivity index (χ1v) is 9.19. The molecule has 6 heteroatoms. The van der Waals surface area contributed by atoms with Gasteiger partial charge in [-0.25, -0.2) is 0 Å². The summed E-state index contributed by atoms with van der Waals surface area (Å²) in [6.45, 7) is 5.61. The van der Waals surface area contributed by atoms with Crippen LogP contribution < -0.4 is 0 Å². The Bertz CT molecular complexity index is 765. The third kappa shape index (κ3) is 3.53. The number of halogens is 1. The van der Waals surface area contributed by atoms with Crippen molar-refractivity contribution in [2.24, 2.45) is 5.92 Å². The van der Waals surface area contributed by atoms with Crippen LogP contribution in [0, 0.1) is 12.8 Å². The summed E-state index contributed by atoms with van der Waals surface area (Å²) in [5.74, 6) is -0.107. The molecule has 0 aromatic heterocycles. The number of aryl methyl sites for hydroxylation is 1. The first-order valence-electron chi connectivity index (χ1n) is 7.31. The second kappa shape index (κ2) is 6.40. The molecule has 0 heterocycles. The highest BCUT2D eigenvalue weighted by atomic mass is 35.5. The first-order chi connectivity index (χ1) is 10.6. The molecule has 4 nitrogen and oxygen atoms in total. The molecule has 2 rings (SSSR count). The summed E-state index contributed by atoms with van der Waals surface area (Å²) in [5.41, 5.74) is 2.77. The molecule has 126 valence electrons. The standard InChI is InChI=1S/C17H21ClO4S/c1-11(2)14-10-17(18,22-4)15(9-16(14)23(19,20)21)13-8-6-5-7-12(13)3/h5-11,16H,1-4H3,(H,19,20,21). The number of benzene rings is 1. The normalized spacial score (nSPS) is 25.3. The van der Waals surface area contributed by atoms with Crippen LogP contribution in [-0.4, -0.2) is 30.4 Å². The van der Waals surface area contributed by atoms with E-state index in [0.29, 0.717) is 11.1 Å². The zero-order chi connectivity index (χ0) is 17.4. The summed E-state index contributed by atoms with van der Waals surface area (Å²) in [5, 5.41) is -2.40. The van der Waals surface area contributed by atoms with E-state index in [4.69, 9.17) is 16.3 Å². The number of hydrogen-bond donors (Lipinski definition) is 1. The minimum atomic E-state index is -4.29. The summed E-state index contributed by atoms with van der Waals surface area (Å²) < 4.78 is 38.8. The summed E-state index contributed by atoms with van der Waals surface area (Å²) in [4.78, 5) is 0. The summed E-state index contributed by atoms with van der Waals surface area (Å²) >= 11 is 6.64. The van der Waals surface area contributed by atoms with Crippen molar-refractivity contribution >= 4 is 27.3 Å². The Labute approximate surface area is 142 Å². The van der Waals surface area contributed by atoms with Gasteiger partial charge in [-0.15, -0.1) is 0 Å². The zero-order valence-electron chi connectivity index (χ0n) is 13.6. The van der Waals surface area contributed by atoms with Crippen molar-refractivity contribution in [2.45, 2.75) is 31.1 Å². The molecule has 0 saturated carbocycles. The number of rotatable bonds is 4. The number of ether oxygens (including phenoxy) is 1. The largest absolute Gasteiger partial charge is 0.355 e. The van der Waals surface area contributed by atoms with Crippen LogP contribution in [-0.2, 0) is 14.9 Å². The lowest BCUT2D eigenvalue weighted by Gasteiger charge is -2.34. The Kier molecular flexibility index (Phi) is 5.06. The van der Waals surface area contributed by atoms with Gasteiger partial charge in [0.05, 0.1) is 0 Å². The molecule has 1 aliphatic rings. The van der Waals surface area contributed by atoms with E-state index in [2.05, 4.69) is 0 Å². The average molecular weight is 357 g/mol. The maximum atomic E-state index is 11.8.